The minimum atomic E-state index is 0. The zero-order valence-corrected chi connectivity index (χ0v) is 21.6. The molecular formula is C22H46IN5O. The van der Waals surface area contributed by atoms with Gasteiger partial charge in [-0.15, -0.1) is 24.0 Å². The average molecular weight is 524 g/mol. The third-order valence-electron chi connectivity index (χ3n) is 6.13. The zero-order chi connectivity index (χ0) is 20.2. The van der Waals surface area contributed by atoms with Crippen LogP contribution in [-0.2, 0) is 4.74 Å². The molecule has 2 N–H and O–H groups in total. The number of piperidine rings is 1. The quantitative estimate of drug-likeness (QED) is 0.200. The normalized spacial score (nSPS) is 21.1. The van der Waals surface area contributed by atoms with Crippen LogP contribution in [0.1, 0.15) is 53.4 Å². The predicted octanol–water partition coefficient (Wildman–Crippen LogP) is 3.03. The van der Waals surface area contributed by atoms with Gasteiger partial charge < -0.3 is 20.3 Å². The summed E-state index contributed by atoms with van der Waals surface area (Å²) in [5, 5.41) is 6.95. The molecule has 2 saturated heterocycles. The van der Waals surface area contributed by atoms with Gasteiger partial charge in [-0.3, -0.25) is 9.89 Å². The van der Waals surface area contributed by atoms with E-state index < -0.39 is 0 Å². The Morgan fingerprint density at radius 2 is 1.76 bits per heavy atom. The van der Waals surface area contributed by atoms with Crippen molar-refractivity contribution in [3.8, 4) is 0 Å². The molecule has 2 rings (SSSR count). The van der Waals surface area contributed by atoms with Crippen LogP contribution in [0.3, 0.4) is 0 Å². The van der Waals surface area contributed by atoms with E-state index in [0.717, 1.165) is 57.8 Å². The first-order chi connectivity index (χ1) is 13.6. The number of guanidine groups is 1. The summed E-state index contributed by atoms with van der Waals surface area (Å²) in [5.41, 5.74) is 0. The lowest BCUT2D eigenvalue weighted by Gasteiger charge is -2.36. The van der Waals surface area contributed by atoms with Crippen molar-refractivity contribution in [2.45, 2.75) is 59.4 Å². The molecule has 1 atom stereocenters. The highest BCUT2D eigenvalue weighted by molar-refractivity contribution is 14.0. The number of aliphatic imine (C=N–C) groups is 1. The molecule has 2 heterocycles. The summed E-state index contributed by atoms with van der Waals surface area (Å²) >= 11 is 0. The Bertz CT molecular complexity index is 435. The Balaban J connectivity index is 0.00000420. The molecule has 2 fully saturated rings. The maximum Gasteiger partial charge on any atom is 0.191 e. The fraction of sp³-hybridized carbons (Fsp3) is 0.955. The highest BCUT2D eigenvalue weighted by Crippen LogP contribution is 2.16. The van der Waals surface area contributed by atoms with Gasteiger partial charge in [0.2, 0.25) is 0 Å². The Morgan fingerprint density at radius 3 is 2.38 bits per heavy atom. The molecular weight excluding hydrogens is 477 g/mol. The van der Waals surface area contributed by atoms with Crippen molar-refractivity contribution in [1.29, 1.82) is 0 Å². The smallest absolute Gasteiger partial charge is 0.191 e. The molecule has 172 valence electrons. The van der Waals surface area contributed by atoms with Crippen molar-refractivity contribution in [2.24, 2.45) is 16.8 Å². The van der Waals surface area contributed by atoms with Crippen LogP contribution in [-0.4, -0.2) is 87.4 Å². The number of likely N-dealkylation sites (tertiary alicyclic amines) is 1. The fourth-order valence-corrected chi connectivity index (χ4v) is 4.14. The number of ether oxygens (including phenoxy) is 1. The number of unbranched alkanes of at least 4 members (excludes halogenated alkanes) is 1. The summed E-state index contributed by atoms with van der Waals surface area (Å²) in [4.78, 5) is 10.1. The molecule has 7 heteroatoms. The molecule has 0 aromatic rings. The molecule has 29 heavy (non-hydrogen) atoms. The molecule has 6 nitrogen and oxygen atoms in total. The van der Waals surface area contributed by atoms with Crippen molar-refractivity contribution in [1.82, 2.24) is 20.4 Å². The van der Waals surface area contributed by atoms with E-state index >= 15 is 0 Å². The molecule has 0 amide bonds. The van der Waals surface area contributed by atoms with Gasteiger partial charge in [0, 0.05) is 32.2 Å². The van der Waals surface area contributed by atoms with Gasteiger partial charge in [-0.25, -0.2) is 0 Å². The summed E-state index contributed by atoms with van der Waals surface area (Å²) in [5.74, 6) is 2.48. The second-order valence-corrected chi connectivity index (χ2v) is 8.84. The van der Waals surface area contributed by atoms with E-state index in [1.807, 2.05) is 0 Å². The summed E-state index contributed by atoms with van der Waals surface area (Å²) in [6, 6.07) is 0.487. The Labute approximate surface area is 196 Å². The van der Waals surface area contributed by atoms with E-state index in [-0.39, 0.29) is 24.0 Å². The maximum absolute atomic E-state index is 5.51. The molecule has 0 aromatic carbocycles. The second-order valence-electron chi connectivity index (χ2n) is 8.84. The Morgan fingerprint density at radius 1 is 1.07 bits per heavy atom. The van der Waals surface area contributed by atoms with Crippen molar-refractivity contribution in [3.63, 3.8) is 0 Å². The van der Waals surface area contributed by atoms with Crippen molar-refractivity contribution >= 4 is 29.9 Å². The number of nitrogens with zero attached hydrogens (tertiary/aromatic N) is 3. The number of morpholine rings is 1. The van der Waals surface area contributed by atoms with Gasteiger partial charge in [0.15, 0.2) is 5.96 Å². The van der Waals surface area contributed by atoms with Crippen LogP contribution in [0.4, 0.5) is 0 Å². The van der Waals surface area contributed by atoms with E-state index in [2.05, 4.69) is 48.1 Å². The Kier molecular flexibility index (Phi) is 14.5. The SMILES string of the molecule is CCNC(=NCC(C(C)C)N1CCOCC1)NCCCCN1CCC(C)CC1.I. The third-order valence-corrected chi connectivity index (χ3v) is 6.13. The number of hydrogen-bond donors (Lipinski definition) is 2. The van der Waals surface area contributed by atoms with Crippen LogP contribution in [0.2, 0.25) is 0 Å². The number of nitrogens with one attached hydrogen (secondary N) is 2. The van der Waals surface area contributed by atoms with Gasteiger partial charge >= 0.3 is 0 Å². The summed E-state index contributed by atoms with van der Waals surface area (Å²) in [7, 11) is 0. The average Bonchev–Trinajstić information content (AvgIpc) is 2.69. The second kappa shape index (κ2) is 15.6. The highest BCUT2D eigenvalue weighted by atomic mass is 127. The summed E-state index contributed by atoms with van der Waals surface area (Å²) < 4.78 is 5.51. The van der Waals surface area contributed by atoms with Gasteiger partial charge in [-0.1, -0.05) is 20.8 Å². The first kappa shape index (κ1) is 26.9. The number of halogens is 1. The van der Waals surface area contributed by atoms with E-state index in [4.69, 9.17) is 9.73 Å². The lowest BCUT2D eigenvalue weighted by Crippen LogP contribution is -2.48. The lowest BCUT2D eigenvalue weighted by molar-refractivity contribution is 0.00867. The van der Waals surface area contributed by atoms with Crippen LogP contribution in [0.5, 0.6) is 0 Å². The van der Waals surface area contributed by atoms with Gasteiger partial charge in [-0.05, 0) is 64.1 Å². The molecule has 0 aromatic heterocycles. The van der Waals surface area contributed by atoms with Crippen molar-refractivity contribution in [2.75, 3.05) is 65.6 Å². The topological polar surface area (TPSA) is 52.1 Å². The van der Waals surface area contributed by atoms with E-state index in [1.54, 1.807) is 0 Å². The van der Waals surface area contributed by atoms with Crippen LogP contribution >= 0.6 is 24.0 Å². The zero-order valence-electron chi connectivity index (χ0n) is 19.3. The standard InChI is InChI=1S/C22H45N5O.HI/c1-5-23-22(24-10-6-7-11-26-12-8-20(4)9-13-26)25-18-21(19(2)3)27-14-16-28-17-15-27;/h19-21H,5-18H2,1-4H3,(H2,23,24,25);1H. The van der Waals surface area contributed by atoms with Crippen molar-refractivity contribution in [3.05, 3.63) is 0 Å². The van der Waals surface area contributed by atoms with E-state index in [0.29, 0.717) is 12.0 Å². The fourth-order valence-electron chi connectivity index (χ4n) is 4.14. The highest BCUT2D eigenvalue weighted by Gasteiger charge is 2.23. The first-order valence-electron chi connectivity index (χ1n) is 11.7. The lowest BCUT2D eigenvalue weighted by atomic mass is 9.99. The number of rotatable bonds is 10. The van der Waals surface area contributed by atoms with Crippen LogP contribution < -0.4 is 10.6 Å². The third kappa shape index (κ3) is 10.6. The molecule has 0 spiro atoms. The minimum absolute atomic E-state index is 0. The van der Waals surface area contributed by atoms with Gasteiger partial charge in [0.1, 0.15) is 0 Å². The summed E-state index contributed by atoms with van der Waals surface area (Å²) in [6.45, 7) is 19.4. The molecule has 2 aliphatic heterocycles. The minimum Gasteiger partial charge on any atom is -0.379 e. The molecule has 0 bridgehead atoms. The van der Waals surface area contributed by atoms with Crippen LogP contribution in [0.15, 0.2) is 4.99 Å². The van der Waals surface area contributed by atoms with Crippen molar-refractivity contribution < 1.29 is 4.74 Å². The number of hydrogen-bond acceptors (Lipinski definition) is 4. The molecule has 0 radical (unpaired) electrons. The molecule has 0 saturated carbocycles. The maximum atomic E-state index is 5.51. The predicted molar refractivity (Wildman–Crippen MR) is 134 cm³/mol. The molecule has 2 aliphatic rings. The summed E-state index contributed by atoms with van der Waals surface area (Å²) in [6.07, 6.45) is 5.21. The van der Waals surface area contributed by atoms with Gasteiger partial charge in [-0.2, -0.15) is 0 Å². The first-order valence-corrected chi connectivity index (χ1v) is 11.7. The van der Waals surface area contributed by atoms with E-state index in [1.165, 1.54) is 45.3 Å². The monoisotopic (exact) mass is 523 g/mol. The van der Waals surface area contributed by atoms with Gasteiger partial charge in [0.25, 0.3) is 0 Å². The van der Waals surface area contributed by atoms with E-state index in [9.17, 15) is 0 Å². The van der Waals surface area contributed by atoms with Crippen LogP contribution in [0, 0.1) is 11.8 Å². The molecule has 0 aliphatic carbocycles. The van der Waals surface area contributed by atoms with Crippen LogP contribution in [0.25, 0.3) is 0 Å². The molecule has 1 unspecified atom stereocenters. The van der Waals surface area contributed by atoms with Gasteiger partial charge in [0.05, 0.1) is 19.8 Å². The largest absolute Gasteiger partial charge is 0.379 e. The Hall–Kier alpha value is -0.120.